The lowest BCUT2D eigenvalue weighted by Crippen LogP contribution is -2.00. The Morgan fingerprint density at radius 3 is 2.95 bits per heavy atom. The Labute approximate surface area is 122 Å². The molecular weight excluding hydrogens is 268 g/mol. The second-order valence-electron chi connectivity index (χ2n) is 4.42. The first-order valence-corrected chi connectivity index (χ1v) is 6.40. The van der Waals surface area contributed by atoms with Gasteiger partial charge in [0, 0.05) is 12.3 Å². The van der Waals surface area contributed by atoms with Crippen molar-refractivity contribution in [3.63, 3.8) is 0 Å². The first kappa shape index (κ1) is 14.6. The third-order valence-electron chi connectivity index (χ3n) is 2.75. The number of carbonyl (C=O) groups is 1. The van der Waals surface area contributed by atoms with Crippen LogP contribution in [-0.2, 0) is 4.79 Å². The number of aliphatic carboxylic acids is 1. The predicted octanol–water partition coefficient (Wildman–Crippen LogP) is 2.84. The average Bonchev–Trinajstić information content (AvgIpc) is 2.89. The molecule has 0 atom stereocenters. The Kier molecular flexibility index (Phi) is 4.56. The minimum Gasteiger partial charge on any atom is -0.487 e. The molecule has 1 N–H and O–H groups in total. The van der Waals surface area contributed by atoms with Gasteiger partial charge in [0.05, 0.1) is 17.7 Å². The summed E-state index contributed by atoms with van der Waals surface area (Å²) in [7, 11) is 0. The monoisotopic (exact) mass is 284 g/mol. The van der Waals surface area contributed by atoms with E-state index in [9.17, 15) is 4.79 Å². The largest absolute Gasteiger partial charge is 0.487 e. The zero-order valence-electron chi connectivity index (χ0n) is 11.7. The second-order valence-corrected chi connectivity index (χ2v) is 4.42. The number of aryl methyl sites for hydroxylation is 1. The number of imidazole rings is 1. The summed E-state index contributed by atoms with van der Waals surface area (Å²) in [6.07, 6.45) is 7.86. The van der Waals surface area contributed by atoms with E-state index >= 15 is 0 Å². The number of aromatic nitrogens is 2. The number of carboxylic acid groups (broad SMARTS) is 1. The molecule has 0 saturated heterocycles. The van der Waals surface area contributed by atoms with Crippen molar-refractivity contribution >= 4 is 12.0 Å². The van der Waals surface area contributed by atoms with Crippen LogP contribution in [0.5, 0.6) is 5.75 Å². The van der Waals surface area contributed by atoms with Crippen molar-refractivity contribution in [2.75, 3.05) is 6.61 Å². The van der Waals surface area contributed by atoms with Crippen LogP contribution in [0.4, 0.5) is 0 Å². The van der Waals surface area contributed by atoms with Gasteiger partial charge in [0.2, 0.25) is 0 Å². The van der Waals surface area contributed by atoms with Crippen molar-refractivity contribution < 1.29 is 14.6 Å². The highest BCUT2D eigenvalue weighted by atomic mass is 16.5. The zero-order chi connectivity index (χ0) is 15.2. The molecule has 2 aromatic rings. The van der Waals surface area contributed by atoms with Crippen LogP contribution in [-0.4, -0.2) is 27.2 Å². The van der Waals surface area contributed by atoms with E-state index < -0.39 is 5.97 Å². The molecular formula is C16H16N2O3. The lowest BCUT2D eigenvalue weighted by atomic mass is 10.1. The average molecular weight is 284 g/mol. The molecule has 0 radical (unpaired) electrons. The van der Waals surface area contributed by atoms with Crippen LogP contribution in [0.1, 0.15) is 11.3 Å². The summed E-state index contributed by atoms with van der Waals surface area (Å²) < 4.78 is 7.51. The molecule has 0 aliphatic carbocycles. The third kappa shape index (κ3) is 3.82. The normalized spacial score (nSPS) is 10.7. The topological polar surface area (TPSA) is 64.3 Å². The van der Waals surface area contributed by atoms with Gasteiger partial charge in [0.1, 0.15) is 12.4 Å². The minimum absolute atomic E-state index is 0.368. The van der Waals surface area contributed by atoms with Gasteiger partial charge in [0.25, 0.3) is 0 Å². The number of hydrogen-bond donors (Lipinski definition) is 1. The predicted molar refractivity (Wildman–Crippen MR) is 80.7 cm³/mol. The van der Waals surface area contributed by atoms with E-state index in [0.717, 1.165) is 23.0 Å². The van der Waals surface area contributed by atoms with E-state index in [1.54, 1.807) is 18.5 Å². The first-order chi connectivity index (χ1) is 10.1. The highest BCUT2D eigenvalue weighted by molar-refractivity contribution is 5.85. The molecule has 0 aliphatic heterocycles. The van der Waals surface area contributed by atoms with Crippen LogP contribution in [0, 0.1) is 6.92 Å². The third-order valence-corrected chi connectivity index (χ3v) is 2.75. The first-order valence-electron chi connectivity index (χ1n) is 6.40. The van der Waals surface area contributed by atoms with Gasteiger partial charge in [-0.1, -0.05) is 18.7 Å². The molecule has 0 amide bonds. The van der Waals surface area contributed by atoms with E-state index in [2.05, 4.69) is 11.6 Å². The van der Waals surface area contributed by atoms with Crippen molar-refractivity contribution in [2.24, 2.45) is 0 Å². The maximum Gasteiger partial charge on any atom is 0.328 e. The van der Waals surface area contributed by atoms with Crippen LogP contribution in [0.25, 0.3) is 11.8 Å². The van der Waals surface area contributed by atoms with E-state index in [1.807, 2.05) is 29.8 Å². The number of nitrogens with zero attached hydrogens (tertiary/aromatic N) is 2. The fourth-order valence-electron chi connectivity index (χ4n) is 1.83. The molecule has 2 rings (SSSR count). The van der Waals surface area contributed by atoms with E-state index in [-0.39, 0.29) is 0 Å². The Morgan fingerprint density at radius 1 is 1.52 bits per heavy atom. The van der Waals surface area contributed by atoms with Gasteiger partial charge >= 0.3 is 5.97 Å². The molecule has 0 bridgehead atoms. The van der Waals surface area contributed by atoms with Crippen molar-refractivity contribution in [1.29, 1.82) is 0 Å². The molecule has 0 unspecified atom stereocenters. The summed E-state index contributed by atoms with van der Waals surface area (Å²) in [6.45, 7) is 5.90. The Hall–Kier alpha value is -2.82. The van der Waals surface area contributed by atoms with Crippen molar-refractivity contribution in [3.8, 4) is 11.4 Å². The molecule has 21 heavy (non-hydrogen) atoms. The molecule has 1 aromatic carbocycles. The Bertz CT molecular complexity index is 687. The zero-order valence-corrected chi connectivity index (χ0v) is 11.7. The van der Waals surface area contributed by atoms with Crippen LogP contribution >= 0.6 is 0 Å². The highest BCUT2D eigenvalue weighted by Gasteiger charge is 2.07. The van der Waals surface area contributed by atoms with Gasteiger partial charge in [0.15, 0.2) is 0 Å². The molecule has 0 fully saturated rings. The van der Waals surface area contributed by atoms with Crippen LogP contribution in [0.3, 0.4) is 0 Å². The quantitative estimate of drug-likeness (QED) is 0.654. The molecule has 0 spiro atoms. The molecule has 5 heteroatoms. The van der Waals surface area contributed by atoms with Crippen LogP contribution < -0.4 is 4.74 Å². The Balaban J connectivity index is 2.39. The SMILES string of the molecule is C=CCOc1cc(/C=C/C(=O)O)ccc1-n1cnc(C)c1. The number of rotatable bonds is 6. The van der Waals surface area contributed by atoms with Gasteiger partial charge in [-0.25, -0.2) is 9.78 Å². The molecule has 108 valence electrons. The fourth-order valence-corrected chi connectivity index (χ4v) is 1.83. The van der Waals surface area contributed by atoms with E-state index in [1.165, 1.54) is 6.08 Å². The maximum absolute atomic E-state index is 10.6. The Morgan fingerprint density at radius 2 is 2.33 bits per heavy atom. The molecule has 0 saturated carbocycles. The van der Waals surface area contributed by atoms with E-state index in [4.69, 9.17) is 9.84 Å². The summed E-state index contributed by atoms with van der Waals surface area (Å²) in [6, 6.07) is 5.47. The molecule has 0 aliphatic rings. The van der Waals surface area contributed by atoms with Gasteiger partial charge in [-0.3, -0.25) is 0 Å². The molecule has 5 nitrogen and oxygen atoms in total. The summed E-state index contributed by atoms with van der Waals surface area (Å²) in [5.41, 5.74) is 2.49. The van der Waals surface area contributed by atoms with Crippen molar-refractivity contribution in [2.45, 2.75) is 6.92 Å². The lowest BCUT2D eigenvalue weighted by Gasteiger charge is -2.11. The van der Waals surface area contributed by atoms with Crippen LogP contribution in [0.2, 0.25) is 0 Å². The maximum atomic E-state index is 10.6. The van der Waals surface area contributed by atoms with Gasteiger partial charge in [-0.05, 0) is 30.7 Å². The van der Waals surface area contributed by atoms with E-state index in [0.29, 0.717) is 12.4 Å². The number of hydrogen-bond acceptors (Lipinski definition) is 3. The van der Waals surface area contributed by atoms with Crippen molar-refractivity contribution in [1.82, 2.24) is 9.55 Å². The summed E-state index contributed by atoms with van der Waals surface area (Å²) >= 11 is 0. The summed E-state index contributed by atoms with van der Waals surface area (Å²) in [5, 5.41) is 8.68. The van der Waals surface area contributed by atoms with Gasteiger partial charge < -0.3 is 14.4 Å². The number of benzene rings is 1. The molecule has 1 aromatic heterocycles. The standard InChI is InChI=1S/C16H16N2O3/c1-3-8-21-15-9-13(5-7-16(19)20)4-6-14(15)18-10-12(2)17-11-18/h3-7,9-11H,1,8H2,2H3,(H,19,20)/b7-5+. The smallest absolute Gasteiger partial charge is 0.328 e. The van der Waals surface area contributed by atoms with Crippen molar-refractivity contribution in [3.05, 3.63) is 60.7 Å². The number of ether oxygens (including phenoxy) is 1. The lowest BCUT2D eigenvalue weighted by molar-refractivity contribution is -0.131. The second kappa shape index (κ2) is 6.56. The molecule has 1 heterocycles. The highest BCUT2D eigenvalue weighted by Crippen LogP contribution is 2.25. The summed E-state index contributed by atoms with van der Waals surface area (Å²) in [4.78, 5) is 14.8. The minimum atomic E-state index is -0.988. The summed E-state index contributed by atoms with van der Waals surface area (Å²) in [5.74, 6) is -0.349. The van der Waals surface area contributed by atoms with Crippen LogP contribution in [0.15, 0.2) is 49.5 Å². The number of carboxylic acids is 1. The van der Waals surface area contributed by atoms with Gasteiger partial charge in [-0.2, -0.15) is 0 Å². The van der Waals surface area contributed by atoms with Gasteiger partial charge in [-0.15, -0.1) is 0 Å². The fraction of sp³-hybridized carbons (Fsp3) is 0.125.